The number of thiophene rings is 1. The first-order valence-electron chi connectivity index (χ1n) is 7.32. The lowest BCUT2D eigenvalue weighted by Crippen LogP contribution is -2.53. The Hall–Kier alpha value is -1.40. The molecule has 2 heterocycles. The number of likely N-dealkylation sites (N-methyl/N-ethyl adjacent to an activating group) is 1. The van der Waals surface area contributed by atoms with Gasteiger partial charge in [0.15, 0.2) is 0 Å². The Balaban J connectivity index is 2.03. The van der Waals surface area contributed by atoms with Gasteiger partial charge >= 0.3 is 0 Å². The van der Waals surface area contributed by atoms with Crippen LogP contribution in [0.1, 0.15) is 29.9 Å². The smallest absolute Gasteiger partial charge is 0.262 e. The molecular formula is C15H23N3O2S. The SMILES string of the molecule is CC(C)C(NC(=O)c1cccs1)C(=O)N(C)C1CCNC1. The van der Waals surface area contributed by atoms with Gasteiger partial charge in [-0.2, -0.15) is 0 Å². The summed E-state index contributed by atoms with van der Waals surface area (Å²) in [4.78, 5) is 27.3. The fourth-order valence-corrected chi connectivity index (χ4v) is 3.13. The van der Waals surface area contributed by atoms with Gasteiger partial charge < -0.3 is 15.5 Å². The summed E-state index contributed by atoms with van der Waals surface area (Å²) >= 11 is 1.38. The van der Waals surface area contributed by atoms with Crippen molar-refractivity contribution >= 4 is 23.2 Å². The van der Waals surface area contributed by atoms with Crippen molar-refractivity contribution in [1.29, 1.82) is 0 Å². The highest BCUT2D eigenvalue weighted by molar-refractivity contribution is 7.12. The van der Waals surface area contributed by atoms with Gasteiger partial charge in [0.1, 0.15) is 6.04 Å². The van der Waals surface area contributed by atoms with E-state index in [-0.39, 0.29) is 23.8 Å². The predicted octanol–water partition coefficient (Wildman–Crippen LogP) is 1.32. The number of nitrogens with zero attached hydrogens (tertiary/aromatic N) is 1. The van der Waals surface area contributed by atoms with E-state index in [2.05, 4.69) is 10.6 Å². The molecule has 116 valence electrons. The molecule has 0 radical (unpaired) electrons. The van der Waals surface area contributed by atoms with Crippen LogP contribution >= 0.6 is 11.3 Å². The zero-order chi connectivity index (χ0) is 15.4. The Labute approximate surface area is 129 Å². The first-order chi connectivity index (χ1) is 10.0. The normalized spacial score (nSPS) is 19.5. The molecule has 1 saturated heterocycles. The summed E-state index contributed by atoms with van der Waals surface area (Å²) < 4.78 is 0. The van der Waals surface area contributed by atoms with Crippen LogP contribution in [0.3, 0.4) is 0 Å². The summed E-state index contributed by atoms with van der Waals surface area (Å²) in [6.07, 6.45) is 0.964. The first kappa shape index (κ1) is 16.0. The lowest BCUT2D eigenvalue weighted by molar-refractivity contribution is -0.134. The first-order valence-corrected chi connectivity index (χ1v) is 8.20. The molecule has 1 aliphatic rings. The van der Waals surface area contributed by atoms with Gasteiger partial charge in [-0.05, 0) is 30.3 Å². The quantitative estimate of drug-likeness (QED) is 0.862. The summed E-state index contributed by atoms with van der Waals surface area (Å²) in [7, 11) is 1.83. The topological polar surface area (TPSA) is 61.4 Å². The molecule has 21 heavy (non-hydrogen) atoms. The molecule has 2 amide bonds. The monoisotopic (exact) mass is 309 g/mol. The molecule has 1 fully saturated rings. The van der Waals surface area contributed by atoms with Crippen LogP contribution in [0.15, 0.2) is 17.5 Å². The van der Waals surface area contributed by atoms with Crippen LogP contribution in [0, 0.1) is 5.92 Å². The lowest BCUT2D eigenvalue weighted by atomic mass is 10.0. The molecule has 0 bridgehead atoms. The van der Waals surface area contributed by atoms with Crippen molar-refractivity contribution in [2.75, 3.05) is 20.1 Å². The molecule has 5 nitrogen and oxygen atoms in total. The second-order valence-corrected chi connectivity index (χ2v) is 6.72. The summed E-state index contributed by atoms with van der Waals surface area (Å²) in [6, 6.07) is 3.34. The van der Waals surface area contributed by atoms with Crippen molar-refractivity contribution in [2.45, 2.75) is 32.4 Å². The number of carbonyl (C=O) groups is 2. The van der Waals surface area contributed by atoms with Crippen LogP contribution in [-0.4, -0.2) is 48.9 Å². The van der Waals surface area contributed by atoms with Gasteiger partial charge in [-0.1, -0.05) is 19.9 Å². The van der Waals surface area contributed by atoms with E-state index in [1.54, 1.807) is 11.0 Å². The molecule has 2 unspecified atom stereocenters. The highest BCUT2D eigenvalue weighted by Crippen LogP contribution is 2.14. The van der Waals surface area contributed by atoms with E-state index in [9.17, 15) is 9.59 Å². The van der Waals surface area contributed by atoms with Crippen molar-refractivity contribution in [3.63, 3.8) is 0 Å². The number of carbonyl (C=O) groups excluding carboxylic acids is 2. The van der Waals surface area contributed by atoms with Crippen LogP contribution in [0.4, 0.5) is 0 Å². The Morgan fingerprint density at radius 3 is 2.76 bits per heavy atom. The Morgan fingerprint density at radius 1 is 1.48 bits per heavy atom. The number of amides is 2. The third-order valence-electron chi connectivity index (χ3n) is 3.89. The molecule has 2 N–H and O–H groups in total. The third-order valence-corrected chi connectivity index (χ3v) is 4.76. The Kier molecular flexibility index (Phi) is 5.36. The minimum absolute atomic E-state index is 0.0105. The standard InChI is InChI=1S/C15H23N3O2S/c1-10(2)13(17-14(19)12-5-4-8-21-12)15(20)18(3)11-6-7-16-9-11/h4-5,8,10-11,13,16H,6-7,9H2,1-3H3,(H,17,19). The van der Waals surface area contributed by atoms with E-state index in [1.165, 1.54) is 11.3 Å². The third kappa shape index (κ3) is 3.83. The zero-order valence-electron chi connectivity index (χ0n) is 12.8. The fourth-order valence-electron chi connectivity index (χ4n) is 2.50. The van der Waals surface area contributed by atoms with E-state index in [1.807, 2.05) is 32.3 Å². The van der Waals surface area contributed by atoms with Gasteiger partial charge in [-0.25, -0.2) is 0 Å². The van der Waals surface area contributed by atoms with Crippen LogP contribution in [-0.2, 0) is 4.79 Å². The number of nitrogens with one attached hydrogen (secondary N) is 2. The van der Waals surface area contributed by atoms with Crippen molar-refractivity contribution in [3.05, 3.63) is 22.4 Å². The fraction of sp³-hybridized carbons (Fsp3) is 0.600. The minimum Gasteiger partial charge on any atom is -0.340 e. The average Bonchev–Trinajstić information content (AvgIpc) is 3.14. The van der Waals surface area contributed by atoms with E-state index in [0.29, 0.717) is 4.88 Å². The summed E-state index contributed by atoms with van der Waals surface area (Å²) in [5.74, 6) is -0.128. The summed E-state index contributed by atoms with van der Waals surface area (Å²) in [6.45, 7) is 5.68. The maximum atomic E-state index is 12.7. The van der Waals surface area contributed by atoms with Crippen LogP contribution in [0.2, 0.25) is 0 Å². The zero-order valence-corrected chi connectivity index (χ0v) is 13.6. The molecule has 6 heteroatoms. The van der Waals surface area contributed by atoms with Gasteiger partial charge in [0, 0.05) is 19.6 Å². The van der Waals surface area contributed by atoms with E-state index in [4.69, 9.17) is 0 Å². The van der Waals surface area contributed by atoms with Gasteiger partial charge in [0.25, 0.3) is 5.91 Å². The van der Waals surface area contributed by atoms with Crippen molar-refractivity contribution in [2.24, 2.45) is 5.92 Å². The molecule has 0 aliphatic carbocycles. The van der Waals surface area contributed by atoms with Crippen molar-refractivity contribution in [3.8, 4) is 0 Å². The second kappa shape index (κ2) is 7.04. The van der Waals surface area contributed by atoms with Crippen molar-refractivity contribution in [1.82, 2.24) is 15.5 Å². The second-order valence-electron chi connectivity index (χ2n) is 5.77. The molecule has 0 saturated carbocycles. The van der Waals surface area contributed by atoms with Gasteiger partial charge in [-0.15, -0.1) is 11.3 Å². The molecule has 0 aromatic carbocycles. The van der Waals surface area contributed by atoms with E-state index in [0.717, 1.165) is 19.5 Å². The molecular weight excluding hydrogens is 286 g/mol. The molecule has 2 rings (SSSR count). The number of rotatable bonds is 5. The van der Waals surface area contributed by atoms with Crippen LogP contribution in [0.5, 0.6) is 0 Å². The van der Waals surface area contributed by atoms with Crippen LogP contribution in [0.25, 0.3) is 0 Å². The van der Waals surface area contributed by atoms with Gasteiger partial charge in [0.05, 0.1) is 4.88 Å². The molecule has 1 aromatic rings. The van der Waals surface area contributed by atoms with Gasteiger partial charge in [0.2, 0.25) is 5.91 Å². The number of hydrogen-bond acceptors (Lipinski definition) is 4. The molecule has 1 aromatic heterocycles. The van der Waals surface area contributed by atoms with E-state index >= 15 is 0 Å². The Morgan fingerprint density at radius 2 is 2.24 bits per heavy atom. The molecule has 1 aliphatic heterocycles. The Bertz CT molecular complexity index is 481. The highest BCUT2D eigenvalue weighted by Gasteiger charge is 2.31. The van der Waals surface area contributed by atoms with E-state index < -0.39 is 6.04 Å². The largest absolute Gasteiger partial charge is 0.340 e. The summed E-state index contributed by atoms with van der Waals surface area (Å²) in [5.41, 5.74) is 0. The van der Waals surface area contributed by atoms with Crippen molar-refractivity contribution < 1.29 is 9.59 Å². The molecule has 2 atom stereocenters. The number of hydrogen-bond donors (Lipinski definition) is 2. The summed E-state index contributed by atoms with van der Waals surface area (Å²) in [5, 5.41) is 8.00. The molecule has 0 spiro atoms. The maximum absolute atomic E-state index is 12.7. The predicted molar refractivity (Wildman–Crippen MR) is 84.5 cm³/mol. The maximum Gasteiger partial charge on any atom is 0.262 e. The van der Waals surface area contributed by atoms with Crippen LogP contribution < -0.4 is 10.6 Å². The minimum atomic E-state index is -0.481. The van der Waals surface area contributed by atoms with Gasteiger partial charge in [-0.3, -0.25) is 9.59 Å². The lowest BCUT2D eigenvalue weighted by Gasteiger charge is -2.30. The highest BCUT2D eigenvalue weighted by atomic mass is 32.1. The average molecular weight is 309 g/mol.